The van der Waals surface area contributed by atoms with E-state index in [0.29, 0.717) is 5.88 Å². The van der Waals surface area contributed by atoms with E-state index in [1.165, 1.54) is 4.88 Å². The van der Waals surface area contributed by atoms with E-state index in [2.05, 4.69) is 40.5 Å². The molecule has 0 atom stereocenters. The molecule has 90 valence electrons. The first-order valence-electron chi connectivity index (χ1n) is 5.46. The number of halogens is 1. The predicted octanol–water partition coefficient (Wildman–Crippen LogP) is 3.83. The maximum Gasteiger partial charge on any atom is 0.128 e. The largest absolute Gasteiger partial charge is 0.355 e. The van der Waals surface area contributed by atoms with Crippen molar-refractivity contribution >= 4 is 28.8 Å². The summed E-state index contributed by atoms with van der Waals surface area (Å²) in [7, 11) is 2.06. The first-order valence-corrected chi connectivity index (χ1v) is 6.88. The normalized spacial score (nSPS) is 10.5. The van der Waals surface area contributed by atoms with Gasteiger partial charge in [0, 0.05) is 23.5 Å². The molecule has 2 aromatic rings. The van der Waals surface area contributed by atoms with Gasteiger partial charge in [-0.15, -0.1) is 22.9 Å². The van der Waals surface area contributed by atoms with Crippen LogP contribution in [0.2, 0.25) is 0 Å². The number of aromatic nitrogens is 1. The Hall–Kier alpha value is -1.06. The molecule has 2 nitrogen and oxygen atoms in total. The molecule has 0 bridgehead atoms. The molecule has 2 heterocycles. The van der Waals surface area contributed by atoms with Crippen molar-refractivity contribution in [1.82, 2.24) is 4.98 Å². The van der Waals surface area contributed by atoms with E-state index in [0.717, 1.165) is 23.6 Å². The lowest BCUT2D eigenvalue weighted by Crippen LogP contribution is -2.17. The van der Waals surface area contributed by atoms with Crippen LogP contribution in [0, 0.1) is 6.92 Å². The molecule has 0 spiro atoms. The van der Waals surface area contributed by atoms with Crippen LogP contribution in [0.15, 0.2) is 29.6 Å². The number of anilines is 1. The zero-order valence-corrected chi connectivity index (χ0v) is 11.6. The number of pyridine rings is 1. The Kier molecular flexibility index (Phi) is 4.02. The highest BCUT2D eigenvalue weighted by atomic mass is 35.5. The molecule has 2 aromatic heterocycles. The zero-order chi connectivity index (χ0) is 12.3. The summed E-state index contributed by atoms with van der Waals surface area (Å²) >= 11 is 7.59. The fourth-order valence-corrected chi connectivity index (χ4v) is 2.69. The van der Waals surface area contributed by atoms with Gasteiger partial charge in [0.15, 0.2) is 0 Å². The van der Waals surface area contributed by atoms with Crippen molar-refractivity contribution in [3.05, 3.63) is 45.8 Å². The van der Waals surface area contributed by atoms with E-state index >= 15 is 0 Å². The maximum absolute atomic E-state index is 5.83. The van der Waals surface area contributed by atoms with Crippen LogP contribution < -0.4 is 4.90 Å². The van der Waals surface area contributed by atoms with Crippen LogP contribution in [0.25, 0.3) is 0 Å². The summed E-state index contributed by atoms with van der Waals surface area (Å²) in [6, 6.07) is 8.29. The van der Waals surface area contributed by atoms with Gasteiger partial charge >= 0.3 is 0 Å². The lowest BCUT2D eigenvalue weighted by atomic mass is 10.2. The minimum absolute atomic E-state index is 0.522. The highest BCUT2D eigenvalue weighted by Gasteiger charge is 2.06. The zero-order valence-electron chi connectivity index (χ0n) is 9.98. The molecule has 0 aliphatic heterocycles. The summed E-state index contributed by atoms with van der Waals surface area (Å²) in [5, 5.41) is 2.10. The van der Waals surface area contributed by atoms with E-state index in [-0.39, 0.29) is 0 Å². The van der Waals surface area contributed by atoms with E-state index in [4.69, 9.17) is 11.6 Å². The van der Waals surface area contributed by atoms with Gasteiger partial charge in [-0.25, -0.2) is 4.98 Å². The van der Waals surface area contributed by atoms with Crippen LogP contribution in [0.3, 0.4) is 0 Å². The molecule has 0 aliphatic rings. The highest BCUT2D eigenvalue weighted by Crippen LogP contribution is 2.18. The second-order valence-corrected chi connectivity index (χ2v) is 5.28. The molecule has 2 rings (SSSR count). The summed E-state index contributed by atoms with van der Waals surface area (Å²) < 4.78 is 0. The molecule has 0 unspecified atom stereocenters. The quantitative estimate of drug-likeness (QED) is 0.782. The fourth-order valence-electron chi connectivity index (χ4n) is 1.65. The molecule has 0 saturated heterocycles. The van der Waals surface area contributed by atoms with Crippen LogP contribution >= 0.6 is 22.9 Å². The number of hydrogen-bond acceptors (Lipinski definition) is 3. The van der Waals surface area contributed by atoms with Crippen molar-refractivity contribution in [2.24, 2.45) is 0 Å². The van der Waals surface area contributed by atoms with Gasteiger partial charge in [-0.05, 0) is 30.0 Å². The third-order valence-corrected chi connectivity index (χ3v) is 3.84. The minimum Gasteiger partial charge on any atom is -0.355 e. The number of thiophene rings is 1. The van der Waals surface area contributed by atoms with Crippen molar-refractivity contribution in [3.8, 4) is 0 Å². The molecule has 0 radical (unpaired) electrons. The molecule has 4 heteroatoms. The molecule has 0 aliphatic carbocycles. The lowest BCUT2D eigenvalue weighted by Gasteiger charge is -2.18. The average Bonchev–Trinajstić information content (AvgIpc) is 2.81. The second-order valence-electron chi connectivity index (χ2n) is 3.98. The Bertz CT molecular complexity index is 482. The van der Waals surface area contributed by atoms with Crippen molar-refractivity contribution in [2.75, 3.05) is 11.9 Å². The first kappa shape index (κ1) is 12.4. The summed E-state index contributed by atoms with van der Waals surface area (Å²) in [6.07, 6.45) is 0. The summed E-state index contributed by atoms with van der Waals surface area (Å²) in [5.74, 6) is 1.51. The van der Waals surface area contributed by atoms with Crippen molar-refractivity contribution in [3.63, 3.8) is 0 Å². The predicted molar refractivity (Wildman–Crippen MR) is 75.0 cm³/mol. The number of hydrogen-bond donors (Lipinski definition) is 0. The smallest absolute Gasteiger partial charge is 0.128 e. The van der Waals surface area contributed by atoms with Gasteiger partial charge in [-0.2, -0.15) is 0 Å². The average molecular weight is 267 g/mol. The Morgan fingerprint density at radius 1 is 1.35 bits per heavy atom. The molecular formula is C13H15ClN2S. The Morgan fingerprint density at radius 2 is 2.18 bits per heavy atom. The van der Waals surface area contributed by atoms with E-state index in [1.807, 2.05) is 13.0 Å². The fraction of sp³-hybridized carbons (Fsp3) is 0.308. The van der Waals surface area contributed by atoms with Crippen molar-refractivity contribution in [2.45, 2.75) is 19.3 Å². The second kappa shape index (κ2) is 5.52. The molecular weight excluding hydrogens is 252 g/mol. The summed E-state index contributed by atoms with van der Waals surface area (Å²) in [5.41, 5.74) is 2.11. The van der Waals surface area contributed by atoms with Crippen molar-refractivity contribution in [1.29, 1.82) is 0 Å². The van der Waals surface area contributed by atoms with Gasteiger partial charge in [0.25, 0.3) is 0 Å². The monoisotopic (exact) mass is 266 g/mol. The standard InChI is InChI=1S/C13H15ClN2S/c1-10-11(8-14)5-6-13(15-10)16(2)9-12-4-3-7-17-12/h3-7H,8-9H2,1-2H3. The van der Waals surface area contributed by atoms with E-state index in [9.17, 15) is 0 Å². The third kappa shape index (κ3) is 2.99. The summed E-state index contributed by atoms with van der Waals surface area (Å²) in [4.78, 5) is 8.06. The Morgan fingerprint density at radius 3 is 2.76 bits per heavy atom. The Balaban J connectivity index is 2.14. The van der Waals surface area contributed by atoms with Crippen molar-refractivity contribution < 1.29 is 0 Å². The topological polar surface area (TPSA) is 16.1 Å². The van der Waals surface area contributed by atoms with Crippen LogP contribution in [0.1, 0.15) is 16.1 Å². The van der Waals surface area contributed by atoms with Crippen LogP contribution in [-0.4, -0.2) is 12.0 Å². The van der Waals surface area contributed by atoms with Crippen LogP contribution in [-0.2, 0) is 12.4 Å². The van der Waals surface area contributed by atoms with Gasteiger partial charge in [0.1, 0.15) is 5.82 Å². The maximum atomic E-state index is 5.83. The van der Waals surface area contributed by atoms with Gasteiger partial charge in [0.05, 0.1) is 6.54 Å². The van der Waals surface area contributed by atoms with Crippen LogP contribution in [0.5, 0.6) is 0 Å². The number of aryl methyl sites for hydroxylation is 1. The van der Waals surface area contributed by atoms with Crippen LogP contribution in [0.4, 0.5) is 5.82 Å². The Labute approximate surface area is 111 Å². The highest BCUT2D eigenvalue weighted by molar-refractivity contribution is 7.09. The number of rotatable bonds is 4. The molecule has 17 heavy (non-hydrogen) atoms. The molecule has 0 saturated carbocycles. The minimum atomic E-state index is 0.522. The molecule has 0 amide bonds. The molecule has 0 N–H and O–H groups in total. The SMILES string of the molecule is Cc1nc(N(C)Cc2cccs2)ccc1CCl. The van der Waals surface area contributed by atoms with Gasteiger partial charge < -0.3 is 4.90 Å². The third-order valence-electron chi connectivity index (χ3n) is 2.69. The van der Waals surface area contributed by atoms with Gasteiger partial charge in [-0.3, -0.25) is 0 Å². The van der Waals surface area contributed by atoms with E-state index in [1.54, 1.807) is 11.3 Å². The number of alkyl halides is 1. The first-order chi connectivity index (χ1) is 8.20. The lowest BCUT2D eigenvalue weighted by molar-refractivity contribution is 0.902. The van der Waals surface area contributed by atoms with Gasteiger partial charge in [0.2, 0.25) is 0 Å². The molecule has 0 fully saturated rings. The van der Waals surface area contributed by atoms with Gasteiger partial charge in [-0.1, -0.05) is 12.1 Å². The summed E-state index contributed by atoms with van der Waals surface area (Å²) in [6.45, 7) is 2.89. The number of nitrogens with zero attached hydrogens (tertiary/aromatic N) is 2. The van der Waals surface area contributed by atoms with E-state index < -0.39 is 0 Å². The molecule has 0 aromatic carbocycles.